The number of carbonyl (C=O) groups excluding carboxylic acids is 3. The van der Waals surface area contributed by atoms with E-state index in [4.69, 9.17) is 4.74 Å². The van der Waals surface area contributed by atoms with Crippen LogP contribution in [0.3, 0.4) is 0 Å². The Bertz CT molecular complexity index is 1150. The molecule has 2 aliphatic heterocycles. The molecule has 2 saturated heterocycles. The van der Waals surface area contributed by atoms with Gasteiger partial charge in [-0.15, -0.1) is 13.2 Å². The quantitative estimate of drug-likeness (QED) is 0.589. The molecule has 2 heterocycles. The Morgan fingerprint density at radius 1 is 0.947 bits per heavy atom. The molecule has 1 spiro atoms. The minimum atomic E-state index is -4.78. The molecule has 3 amide bonds. The fourth-order valence-corrected chi connectivity index (χ4v) is 4.70. The first-order valence-electron chi connectivity index (χ1n) is 12.2. The third kappa shape index (κ3) is 7.45. The number of hydrogen-bond donors (Lipinski definition) is 2. The number of rotatable bonds is 6. The van der Waals surface area contributed by atoms with E-state index in [-0.39, 0.29) is 30.0 Å². The Labute approximate surface area is 217 Å². The molecule has 0 radical (unpaired) electrons. The molecule has 9 nitrogen and oxygen atoms in total. The molecular formula is C26H29F3N4O5. The number of likely N-dealkylation sites (tertiary alicyclic amines) is 1. The maximum absolute atomic E-state index is 12.9. The predicted octanol–water partition coefficient (Wildman–Crippen LogP) is 3.49. The van der Waals surface area contributed by atoms with Crippen molar-refractivity contribution in [1.82, 2.24) is 9.80 Å². The molecule has 38 heavy (non-hydrogen) atoms. The first-order valence-corrected chi connectivity index (χ1v) is 12.2. The van der Waals surface area contributed by atoms with Crippen molar-refractivity contribution in [2.45, 2.75) is 31.7 Å². The molecule has 2 aromatic rings. The Morgan fingerprint density at radius 2 is 1.55 bits per heavy atom. The van der Waals surface area contributed by atoms with Crippen molar-refractivity contribution in [2.75, 3.05) is 50.0 Å². The number of nitrogens with one attached hydrogen (secondary N) is 2. The lowest BCUT2D eigenvalue weighted by molar-refractivity contribution is -0.274. The number of piperidine rings is 1. The maximum Gasteiger partial charge on any atom is 0.573 e. The van der Waals surface area contributed by atoms with Crippen LogP contribution in [0.2, 0.25) is 0 Å². The summed E-state index contributed by atoms with van der Waals surface area (Å²) in [6.07, 6.45) is -3.52. The average molecular weight is 535 g/mol. The van der Waals surface area contributed by atoms with Crippen LogP contribution in [0.4, 0.5) is 24.5 Å². The van der Waals surface area contributed by atoms with Crippen LogP contribution in [-0.2, 0) is 14.3 Å². The Hall–Kier alpha value is -3.64. The second kappa shape index (κ2) is 11.4. The third-order valence-electron chi connectivity index (χ3n) is 6.48. The molecule has 4 rings (SSSR count). The fraction of sp³-hybridized carbons (Fsp3) is 0.423. The summed E-state index contributed by atoms with van der Waals surface area (Å²) >= 11 is 0. The van der Waals surface area contributed by atoms with E-state index in [1.165, 1.54) is 19.1 Å². The Balaban J connectivity index is 1.26. The first kappa shape index (κ1) is 27.4. The van der Waals surface area contributed by atoms with Gasteiger partial charge in [-0.3, -0.25) is 19.3 Å². The molecule has 204 valence electrons. The summed E-state index contributed by atoms with van der Waals surface area (Å²) in [4.78, 5) is 40.5. The van der Waals surface area contributed by atoms with Crippen LogP contribution in [0.5, 0.6) is 5.75 Å². The van der Waals surface area contributed by atoms with Crippen LogP contribution < -0.4 is 15.4 Å². The predicted molar refractivity (Wildman–Crippen MR) is 133 cm³/mol. The Morgan fingerprint density at radius 3 is 2.16 bits per heavy atom. The lowest BCUT2D eigenvalue weighted by Gasteiger charge is -2.47. The van der Waals surface area contributed by atoms with Crippen LogP contribution in [0.25, 0.3) is 0 Å². The van der Waals surface area contributed by atoms with Gasteiger partial charge in [-0.05, 0) is 61.4 Å². The third-order valence-corrected chi connectivity index (χ3v) is 6.48. The van der Waals surface area contributed by atoms with Gasteiger partial charge in [-0.1, -0.05) is 0 Å². The smallest absolute Gasteiger partial charge is 0.406 e. The highest BCUT2D eigenvalue weighted by Gasteiger charge is 2.41. The van der Waals surface area contributed by atoms with Crippen LogP contribution >= 0.6 is 0 Å². The summed E-state index contributed by atoms with van der Waals surface area (Å²) in [5, 5.41) is 5.36. The number of halogens is 3. The summed E-state index contributed by atoms with van der Waals surface area (Å²) < 4.78 is 46.9. The lowest BCUT2D eigenvalue weighted by atomic mass is 9.89. The minimum absolute atomic E-state index is 0.0899. The van der Waals surface area contributed by atoms with Gasteiger partial charge in [-0.2, -0.15) is 0 Å². The largest absolute Gasteiger partial charge is 0.573 e. The van der Waals surface area contributed by atoms with Crippen molar-refractivity contribution >= 4 is 29.1 Å². The highest BCUT2D eigenvalue weighted by Crippen LogP contribution is 2.31. The van der Waals surface area contributed by atoms with Gasteiger partial charge in [0.05, 0.1) is 18.8 Å². The van der Waals surface area contributed by atoms with E-state index in [0.29, 0.717) is 62.6 Å². The summed E-state index contributed by atoms with van der Waals surface area (Å²) in [6.45, 7) is 4.10. The molecule has 0 bridgehead atoms. The zero-order valence-corrected chi connectivity index (χ0v) is 20.8. The van der Waals surface area contributed by atoms with Gasteiger partial charge in [0, 0.05) is 50.0 Å². The maximum atomic E-state index is 12.9. The second-order valence-corrected chi connectivity index (χ2v) is 9.41. The average Bonchev–Trinajstić information content (AvgIpc) is 2.85. The number of hydrogen-bond acceptors (Lipinski definition) is 6. The molecular weight excluding hydrogens is 505 g/mol. The van der Waals surface area contributed by atoms with Gasteiger partial charge in [0.15, 0.2) is 0 Å². The van der Waals surface area contributed by atoms with E-state index in [9.17, 15) is 27.6 Å². The summed E-state index contributed by atoms with van der Waals surface area (Å²) in [5.74, 6) is -0.926. The first-order chi connectivity index (χ1) is 18.0. The molecule has 0 aliphatic carbocycles. The zero-order valence-electron chi connectivity index (χ0n) is 20.8. The number of nitrogens with zero attached hydrogens (tertiary/aromatic N) is 2. The number of morpholine rings is 1. The molecule has 0 unspecified atom stereocenters. The lowest BCUT2D eigenvalue weighted by Crippen LogP contribution is -2.58. The number of ether oxygens (including phenoxy) is 2. The minimum Gasteiger partial charge on any atom is -0.406 e. The topological polar surface area (TPSA) is 100 Å². The number of carbonyl (C=O) groups is 3. The van der Waals surface area contributed by atoms with Crippen molar-refractivity contribution < 1.29 is 37.0 Å². The van der Waals surface area contributed by atoms with Crippen molar-refractivity contribution in [1.29, 1.82) is 0 Å². The van der Waals surface area contributed by atoms with E-state index in [1.807, 2.05) is 4.90 Å². The second-order valence-electron chi connectivity index (χ2n) is 9.41. The molecule has 0 aromatic heterocycles. The van der Waals surface area contributed by atoms with Crippen LogP contribution in [0, 0.1) is 0 Å². The van der Waals surface area contributed by atoms with Gasteiger partial charge in [0.1, 0.15) is 5.75 Å². The molecule has 2 fully saturated rings. The van der Waals surface area contributed by atoms with E-state index < -0.39 is 12.0 Å². The van der Waals surface area contributed by atoms with E-state index in [2.05, 4.69) is 15.4 Å². The van der Waals surface area contributed by atoms with E-state index >= 15 is 0 Å². The highest BCUT2D eigenvalue weighted by atomic mass is 19.4. The molecule has 2 aromatic carbocycles. The number of alkyl halides is 3. The van der Waals surface area contributed by atoms with E-state index in [0.717, 1.165) is 12.1 Å². The summed E-state index contributed by atoms with van der Waals surface area (Å²) in [5.41, 5.74) is 1.07. The van der Waals surface area contributed by atoms with Gasteiger partial charge in [-0.25, -0.2) is 0 Å². The van der Waals surface area contributed by atoms with Crippen LogP contribution in [-0.4, -0.2) is 78.8 Å². The SMILES string of the molecule is CC(=O)Nc1ccc(C(=O)N2CCC3(CC2)CN(CC(=O)Nc2ccc(OC(F)(F)F)cc2)CCO3)cc1. The van der Waals surface area contributed by atoms with Crippen LogP contribution in [0.1, 0.15) is 30.1 Å². The normalized spacial score (nSPS) is 17.6. The fourth-order valence-electron chi connectivity index (χ4n) is 4.70. The number of anilines is 2. The molecule has 2 N–H and O–H groups in total. The molecule has 0 atom stereocenters. The molecule has 12 heteroatoms. The standard InChI is InChI=1S/C26H29F3N4O5/c1-18(34)30-20-4-2-19(3-5-20)24(36)33-12-10-25(11-13-33)17-32(14-15-37-25)16-23(35)31-21-6-8-22(9-7-21)38-26(27,28)29/h2-9H,10-17H2,1H3,(H,30,34)(H,31,35). The summed E-state index contributed by atoms with van der Waals surface area (Å²) in [6, 6.07) is 11.7. The monoisotopic (exact) mass is 534 g/mol. The number of amides is 3. The molecule has 2 aliphatic rings. The van der Waals surface area contributed by atoms with Crippen molar-refractivity contribution in [3.63, 3.8) is 0 Å². The van der Waals surface area contributed by atoms with E-state index in [1.54, 1.807) is 29.2 Å². The molecule has 0 saturated carbocycles. The summed E-state index contributed by atoms with van der Waals surface area (Å²) in [7, 11) is 0. The van der Waals surface area contributed by atoms with Crippen molar-refractivity contribution in [2.24, 2.45) is 0 Å². The van der Waals surface area contributed by atoms with Gasteiger partial charge >= 0.3 is 6.36 Å². The zero-order chi connectivity index (χ0) is 27.3. The van der Waals surface area contributed by atoms with Crippen molar-refractivity contribution in [3.8, 4) is 5.75 Å². The van der Waals surface area contributed by atoms with Gasteiger partial charge in [0.2, 0.25) is 11.8 Å². The Kier molecular flexibility index (Phi) is 8.22. The van der Waals surface area contributed by atoms with Gasteiger partial charge < -0.3 is 25.0 Å². The highest BCUT2D eigenvalue weighted by molar-refractivity contribution is 5.95. The van der Waals surface area contributed by atoms with Crippen molar-refractivity contribution in [3.05, 3.63) is 54.1 Å². The van der Waals surface area contributed by atoms with Gasteiger partial charge in [0.25, 0.3) is 5.91 Å². The number of benzene rings is 2. The van der Waals surface area contributed by atoms with Crippen LogP contribution in [0.15, 0.2) is 48.5 Å².